The van der Waals surface area contributed by atoms with E-state index in [9.17, 15) is 36.6 Å². The van der Waals surface area contributed by atoms with Crippen LogP contribution in [-0.2, 0) is 26.3 Å². The molecule has 0 unspecified atom stereocenters. The molecule has 2 aliphatic rings. The number of aromatic nitrogens is 6. The van der Waals surface area contributed by atoms with Gasteiger partial charge in [0.25, 0.3) is 11.8 Å². The molecule has 2 aromatic heterocycles. The fourth-order valence-corrected chi connectivity index (χ4v) is 9.03. The van der Waals surface area contributed by atoms with Gasteiger partial charge in [-0.25, -0.2) is 43.7 Å². The second-order valence-corrected chi connectivity index (χ2v) is 18.1. The summed E-state index contributed by atoms with van der Waals surface area (Å²) in [6, 6.07) is 8.38. The fraction of sp³-hybridized carbons (Fsp3) is 0.333. The summed E-state index contributed by atoms with van der Waals surface area (Å²) in [6.45, 7) is 1.54. The Morgan fingerprint density at radius 3 is 2.23 bits per heavy atom. The number of H-pyrrole nitrogens is 1. The van der Waals surface area contributed by atoms with Crippen molar-refractivity contribution < 1.29 is 50.5 Å². The van der Waals surface area contributed by atoms with E-state index in [-0.39, 0.29) is 61.1 Å². The van der Waals surface area contributed by atoms with Gasteiger partial charge in [-0.2, -0.15) is 0 Å². The first kappa shape index (κ1) is 40.8. The molecule has 0 bridgehead atoms. The molecule has 3 N–H and O–H groups in total. The SMILES string of the molecule is O=C(O)c1[nH]nnc1Oc1cccc(C#CS(=O)(=O)C2CCN(Cn3nnc(Oc4ccc(C#CS(=O)(=O)C5CCN(I)CC5)c(Cl)c4F)c3C(=O)O)CC2)c1. The fourth-order valence-electron chi connectivity index (χ4n) is 5.76. The van der Waals surface area contributed by atoms with Gasteiger partial charge in [-0.05, 0) is 67.9 Å². The van der Waals surface area contributed by atoms with Gasteiger partial charge in [0.1, 0.15) is 5.75 Å². The third-order valence-corrected chi connectivity index (χ3v) is 13.5. The van der Waals surface area contributed by atoms with Crippen molar-refractivity contribution in [2.45, 2.75) is 42.9 Å². The number of hydrogen-bond donors (Lipinski definition) is 3. The molecule has 0 aliphatic carbocycles. The van der Waals surface area contributed by atoms with Gasteiger partial charge < -0.3 is 19.7 Å². The molecule has 2 aromatic carbocycles. The number of aromatic carboxylic acids is 2. The Morgan fingerprint density at radius 1 is 0.911 bits per heavy atom. The third-order valence-electron chi connectivity index (χ3n) is 8.74. The summed E-state index contributed by atoms with van der Waals surface area (Å²) in [5, 5.41) is 38.6. The third kappa shape index (κ3) is 9.56. The smallest absolute Gasteiger partial charge is 0.359 e. The maximum atomic E-state index is 15.3. The molecule has 56 heavy (non-hydrogen) atoms. The van der Waals surface area contributed by atoms with Gasteiger partial charge >= 0.3 is 11.9 Å². The first-order valence-corrected chi connectivity index (χ1v) is 21.0. The van der Waals surface area contributed by atoms with E-state index in [1.807, 2.05) is 3.11 Å². The van der Waals surface area contributed by atoms with E-state index in [0.717, 1.165) is 10.7 Å². The Labute approximate surface area is 337 Å². The van der Waals surface area contributed by atoms with Crippen molar-refractivity contribution in [3.63, 3.8) is 0 Å². The molecule has 23 heteroatoms. The minimum absolute atomic E-state index is 0.106. The number of benzene rings is 2. The molecule has 0 atom stereocenters. The van der Waals surface area contributed by atoms with Crippen LogP contribution in [0.5, 0.6) is 23.3 Å². The summed E-state index contributed by atoms with van der Waals surface area (Å²) in [5.74, 6) is -0.0511. The van der Waals surface area contributed by atoms with Crippen molar-refractivity contribution in [1.29, 1.82) is 0 Å². The van der Waals surface area contributed by atoms with Gasteiger partial charge in [0, 0.05) is 70.7 Å². The largest absolute Gasteiger partial charge is 0.476 e. The van der Waals surface area contributed by atoms with E-state index < -0.39 is 70.3 Å². The minimum atomic E-state index is -3.91. The Balaban J connectivity index is 1.07. The van der Waals surface area contributed by atoms with Crippen molar-refractivity contribution in [1.82, 2.24) is 38.4 Å². The van der Waals surface area contributed by atoms with Crippen LogP contribution in [0.25, 0.3) is 0 Å². The standard InChI is InChI=1S/C33H29ClFIN8O10S2/c34-26-21(11-17-56(51,52)24-8-14-43(36)15-9-24)4-5-25(27(26)35)54-31-29(33(47)48)44(41-39-31)19-42-12-6-23(7-13-42)55(49,50)16-10-20-2-1-3-22(18-20)53-30-28(32(45)46)37-40-38-30/h1-5,18,23-24H,6-9,12-15,19H2,(H,45,46)(H,47,48)(H,37,38,40). The molecule has 4 heterocycles. The topological polar surface area (TPSA) is 240 Å². The number of nitrogens with one attached hydrogen (secondary N) is 1. The van der Waals surface area contributed by atoms with Gasteiger partial charge in [0.2, 0.25) is 31.1 Å². The van der Waals surface area contributed by atoms with Crippen LogP contribution in [0.2, 0.25) is 5.02 Å². The maximum Gasteiger partial charge on any atom is 0.359 e. The summed E-state index contributed by atoms with van der Waals surface area (Å²) in [4.78, 5) is 25.3. The Hall–Kier alpha value is -4.85. The monoisotopic (exact) mass is 942 g/mol. The van der Waals surface area contributed by atoms with Crippen LogP contribution >= 0.6 is 34.5 Å². The quantitative estimate of drug-likeness (QED) is 0.117. The highest BCUT2D eigenvalue weighted by molar-refractivity contribution is 14.1. The number of likely N-dealkylation sites (tertiary alicyclic amines) is 1. The van der Waals surface area contributed by atoms with E-state index >= 15 is 4.39 Å². The van der Waals surface area contributed by atoms with Crippen LogP contribution in [-0.4, -0.2) is 114 Å². The van der Waals surface area contributed by atoms with E-state index in [4.69, 9.17) is 21.1 Å². The molecule has 2 fully saturated rings. The van der Waals surface area contributed by atoms with Crippen LogP contribution < -0.4 is 9.47 Å². The maximum absolute atomic E-state index is 15.3. The molecule has 2 saturated heterocycles. The van der Waals surface area contributed by atoms with Crippen molar-refractivity contribution in [3.8, 4) is 45.6 Å². The second-order valence-electron chi connectivity index (χ2n) is 12.4. The predicted octanol–water partition coefficient (Wildman–Crippen LogP) is 3.55. The number of carboxylic acids is 2. The second kappa shape index (κ2) is 17.1. The van der Waals surface area contributed by atoms with E-state index in [1.165, 1.54) is 18.2 Å². The molecule has 0 saturated carbocycles. The highest BCUT2D eigenvalue weighted by atomic mass is 127. The van der Waals surface area contributed by atoms with Crippen molar-refractivity contribution in [2.75, 3.05) is 26.2 Å². The number of carboxylic acid groups (broad SMARTS) is 2. The van der Waals surface area contributed by atoms with E-state index in [0.29, 0.717) is 25.9 Å². The Kier molecular flexibility index (Phi) is 12.5. The molecule has 0 amide bonds. The number of sulfone groups is 2. The van der Waals surface area contributed by atoms with Crippen LogP contribution in [0.15, 0.2) is 36.4 Å². The number of rotatable bonds is 10. The predicted molar refractivity (Wildman–Crippen MR) is 203 cm³/mol. The van der Waals surface area contributed by atoms with Crippen LogP contribution in [0.3, 0.4) is 0 Å². The summed E-state index contributed by atoms with van der Waals surface area (Å²) in [7, 11) is -7.71. The summed E-state index contributed by atoms with van der Waals surface area (Å²) >= 11 is 8.30. The molecular formula is C33H29ClFIN8O10S2. The number of halogens is 3. The van der Waals surface area contributed by atoms with Crippen LogP contribution in [0, 0.1) is 28.2 Å². The number of piperidine rings is 2. The number of carbonyl (C=O) groups is 2. The first-order chi connectivity index (χ1) is 26.6. The normalized spacial score (nSPS) is 16.0. The summed E-state index contributed by atoms with van der Waals surface area (Å²) < 4.78 is 81.0. The Bertz CT molecular complexity index is 2520. The molecule has 0 radical (unpaired) electrons. The van der Waals surface area contributed by atoms with Crippen molar-refractivity contribution in [3.05, 3.63) is 69.8 Å². The van der Waals surface area contributed by atoms with Gasteiger partial charge in [0.05, 0.1) is 22.2 Å². The lowest BCUT2D eigenvalue weighted by atomic mass is 10.1. The summed E-state index contributed by atoms with van der Waals surface area (Å²) in [6.07, 6.45) is 1.17. The number of ether oxygens (including phenoxy) is 2. The molecule has 294 valence electrons. The lowest BCUT2D eigenvalue weighted by Crippen LogP contribution is -2.40. The van der Waals surface area contributed by atoms with Gasteiger partial charge in [-0.3, -0.25) is 4.90 Å². The zero-order valence-electron chi connectivity index (χ0n) is 28.7. The zero-order valence-corrected chi connectivity index (χ0v) is 33.3. The van der Waals surface area contributed by atoms with E-state index in [1.54, 1.807) is 17.0 Å². The average Bonchev–Trinajstić information content (AvgIpc) is 3.80. The van der Waals surface area contributed by atoms with Crippen LogP contribution in [0.4, 0.5) is 4.39 Å². The molecule has 6 rings (SSSR count). The first-order valence-electron chi connectivity index (χ1n) is 16.5. The lowest BCUT2D eigenvalue weighted by Gasteiger charge is -2.30. The van der Waals surface area contributed by atoms with Gasteiger partial charge in [0.15, 0.2) is 11.6 Å². The van der Waals surface area contributed by atoms with Gasteiger partial charge in [-0.15, -0.1) is 0 Å². The zero-order chi connectivity index (χ0) is 40.2. The highest BCUT2D eigenvalue weighted by Crippen LogP contribution is 2.32. The van der Waals surface area contributed by atoms with E-state index in [2.05, 4.69) is 70.9 Å². The highest BCUT2D eigenvalue weighted by Gasteiger charge is 2.31. The van der Waals surface area contributed by atoms with Gasteiger partial charge in [-0.1, -0.05) is 38.3 Å². The average molecular weight is 943 g/mol. The summed E-state index contributed by atoms with van der Waals surface area (Å²) in [5.41, 5.74) is -0.694. The Morgan fingerprint density at radius 2 is 1.57 bits per heavy atom. The van der Waals surface area contributed by atoms with Crippen LogP contribution in [0.1, 0.15) is 57.8 Å². The molecule has 2 aliphatic heterocycles. The minimum Gasteiger partial charge on any atom is -0.476 e. The van der Waals surface area contributed by atoms with Crippen molar-refractivity contribution >= 4 is 66.1 Å². The molecule has 0 spiro atoms. The molecule has 18 nitrogen and oxygen atoms in total. The lowest BCUT2D eigenvalue weighted by molar-refractivity contribution is 0.0664. The number of nitrogens with zero attached hydrogens (tertiary/aromatic N) is 7. The number of hydrogen-bond acceptors (Lipinski definition) is 14. The molecule has 4 aromatic rings. The molecular weight excluding hydrogens is 914 g/mol. The number of aromatic amines is 1. The van der Waals surface area contributed by atoms with Crippen molar-refractivity contribution in [2.24, 2.45) is 0 Å².